The van der Waals surface area contributed by atoms with Gasteiger partial charge in [0, 0.05) is 56.1 Å². The number of thiophene rings is 1. The number of hydrogen-bond acceptors (Lipinski definition) is 2. The first-order valence-electron chi connectivity index (χ1n) is 14.8. The van der Waals surface area contributed by atoms with Crippen molar-refractivity contribution >= 4 is 49.1 Å². The van der Waals surface area contributed by atoms with Gasteiger partial charge in [-0.2, -0.15) is 9.13 Å². The molecule has 0 N–H and O–H groups in total. The highest BCUT2D eigenvalue weighted by atomic mass is 32.1. The third-order valence-electron chi connectivity index (χ3n) is 9.87. The molecule has 0 spiro atoms. The topological polar surface area (TPSA) is 20.9 Å². The summed E-state index contributed by atoms with van der Waals surface area (Å²) in [6, 6.07) is 32.1. The molecule has 4 heteroatoms. The molecule has 6 heterocycles. The average molecular weight is 561 g/mol. The molecular weight excluding hydrogens is 532 g/mol. The number of hydrogen-bond donors (Lipinski definition) is 0. The maximum atomic E-state index is 6.85. The van der Waals surface area contributed by atoms with E-state index in [0.717, 1.165) is 24.0 Å². The molecule has 0 saturated heterocycles. The van der Waals surface area contributed by atoms with Gasteiger partial charge in [0.1, 0.15) is 11.2 Å². The molecule has 4 aromatic heterocycles. The van der Waals surface area contributed by atoms with Crippen LogP contribution < -0.4 is 9.13 Å². The van der Waals surface area contributed by atoms with Crippen molar-refractivity contribution in [3.05, 3.63) is 124 Å². The first kappa shape index (κ1) is 23.1. The summed E-state index contributed by atoms with van der Waals surface area (Å²) in [5, 5.41) is 3.68. The van der Waals surface area contributed by atoms with Crippen LogP contribution in [0.1, 0.15) is 39.9 Å². The van der Waals surface area contributed by atoms with Crippen LogP contribution in [0.5, 0.6) is 0 Å². The average Bonchev–Trinajstić information content (AvgIpc) is 3.65. The predicted molar refractivity (Wildman–Crippen MR) is 170 cm³/mol. The van der Waals surface area contributed by atoms with Crippen LogP contribution in [0.15, 0.2) is 107 Å². The van der Waals surface area contributed by atoms with Gasteiger partial charge < -0.3 is 4.42 Å². The summed E-state index contributed by atoms with van der Waals surface area (Å²) in [7, 11) is 0. The summed E-state index contributed by atoms with van der Waals surface area (Å²) in [6.07, 6.45) is 6.60. The molecule has 0 radical (unpaired) electrons. The molecule has 0 saturated carbocycles. The molecule has 2 atom stereocenters. The van der Waals surface area contributed by atoms with E-state index in [1.807, 2.05) is 11.3 Å². The minimum Gasteiger partial charge on any atom is -0.455 e. The van der Waals surface area contributed by atoms with Crippen molar-refractivity contribution in [2.75, 3.05) is 0 Å². The van der Waals surface area contributed by atoms with Crippen molar-refractivity contribution in [2.24, 2.45) is 0 Å². The molecule has 200 valence electrons. The van der Waals surface area contributed by atoms with E-state index in [1.54, 1.807) is 0 Å². The van der Waals surface area contributed by atoms with Crippen LogP contribution in [-0.2, 0) is 6.42 Å². The molecule has 3 aromatic carbocycles. The summed E-state index contributed by atoms with van der Waals surface area (Å²) in [4.78, 5) is 1.33. The molecule has 10 rings (SSSR count). The Balaban J connectivity index is 1.28. The summed E-state index contributed by atoms with van der Waals surface area (Å²) in [5.74, 6) is 0.282. The van der Waals surface area contributed by atoms with Crippen molar-refractivity contribution in [1.82, 2.24) is 0 Å². The van der Waals surface area contributed by atoms with Gasteiger partial charge in [0.2, 0.25) is 11.4 Å². The quantitative estimate of drug-likeness (QED) is 0.170. The Bertz CT molecular complexity index is 2350. The largest absolute Gasteiger partial charge is 0.455 e. The number of rotatable bonds is 0. The lowest BCUT2D eigenvalue weighted by Gasteiger charge is -2.27. The van der Waals surface area contributed by atoms with E-state index in [9.17, 15) is 0 Å². The number of aryl methyl sites for hydroxylation is 2. The summed E-state index contributed by atoms with van der Waals surface area (Å²) in [5.41, 5.74) is 14.2. The van der Waals surface area contributed by atoms with Crippen LogP contribution in [0.3, 0.4) is 0 Å². The zero-order valence-electron chi connectivity index (χ0n) is 23.5. The monoisotopic (exact) mass is 560 g/mol. The van der Waals surface area contributed by atoms with Crippen LogP contribution in [0.4, 0.5) is 0 Å². The number of aromatic nitrogens is 2. The number of pyridine rings is 2. The highest BCUT2D eigenvalue weighted by molar-refractivity contribution is 7.19. The summed E-state index contributed by atoms with van der Waals surface area (Å²) in [6.45, 7) is 4.39. The Labute approximate surface area is 247 Å². The Kier molecular flexibility index (Phi) is 4.42. The van der Waals surface area contributed by atoms with Crippen molar-refractivity contribution < 1.29 is 13.6 Å². The fraction of sp³-hybridized carbons (Fsp3) is 0.158. The second kappa shape index (κ2) is 8.05. The van der Waals surface area contributed by atoms with Gasteiger partial charge in [-0.1, -0.05) is 30.3 Å². The lowest BCUT2D eigenvalue weighted by atomic mass is 9.79. The van der Waals surface area contributed by atoms with Crippen LogP contribution in [0.25, 0.3) is 60.2 Å². The molecule has 2 aliphatic heterocycles. The van der Waals surface area contributed by atoms with Crippen LogP contribution in [0, 0.1) is 13.8 Å². The lowest BCUT2D eigenvalue weighted by Crippen LogP contribution is -2.47. The predicted octanol–water partition coefficient (Wildman–Crippen LogP) is 8.84. The fourth-order valence-electron chi connectivity index (χ4n) is 8.16. The highest BCUT2D eigenvalue weighted by Gasteiger charge is 2.52. The van der Waals surface area contributed by atoms with Gasteiger partial charge in [0.05, 0.1) is 23.5 Å². The van der Waals surface area contributed by atoms with Gasteiger partial charge in [0.15, 0.2) is 24.1 Å². The third-order valence-corrected chi connectivity index (χ3v) is 10.9. The van der Waals surface area contributed by atoms with E-state index in [1.165, 1.54) is 76.2 Å². The first-order chi connectivity index (χ1) is 20.6. The molecule has 0 bridgehead atoms. The highest BCUT2D eigenvalue weighted by Crippen LogP contribution is 2.54. The zero-order chi connectivity index (χ0) is 27.7. The van der Waals surface area contributed by atoms with Gasteiger partial charge in [-0.25, -0.2) is 0 Å². The molecular formula is C38H28N2OS+2. The number of allylic oxidation sites excluding steroid dienone is 2. The Morgan fingerprint density at radius 1 is 0.857 bits per heavy atom. The Morgan fingerprint density at radius 2 is 1.76 bits per heavy atom. The van der Waals surface area contributed by atoms with E-state index in [2.05, 4.69) is 120 Å². The van der Waals surface area contributed by atoms with E-state index >= 15 is 0 Å². The van der Waals surface area contributed by atoms with Gasteiger partial charge in [-0.05, 0) is 66.8 Å². The minimum atomic E-state index is 0.282. The maximum Gasteiger partial charge on any atom is 0.218 e. The Morgan fingerprint density at radius 3 is 2.71 bits per heavy atom. The van der Waals surface area contributed by atoms with E-state index < -0.39 is 0 Å². The van der Waals surface area contributed by atoms with E-state index in [4.69, 9.17) is 4.42 Å². The molecule has 1 aliphatic carbocycles. The Hall–Kier alpha value is -4.54. The zero-order valence-corrected chi connectivity index (χ0v) is 24.3. The molecule has 0 fully saturated rings. The van der Waals surface area contributed by atoms with Gasteiger partial charge in [0.25, 0.3) is 0 Å². The smallest absolute Gasteiger partial charge is 0.218 e. The van der Waals surface area contributed by atoms with Crippen molar-refractivity contribution in [2.45, 2.75) is 38.6 Å². The molecule has 0 amide bonds. The van der Waals surface area contributed by atoms with Gasteiger partial charge in [-0.3, -0.25) is 0 Å². The number of nitrogens with zero attached hydrogens (tertiary/aromatic N) is 2. The van der Waals surface area contributed by atoms with Gasteiger partial charge >= 0.3 is 0 Å². The molecule has 2 unspecified atom stereocenters. The van der Waals surface area contributed by atoms with Gasteiger partial charge in [-0.15, -0.1) is 11.3 Å². The van der Waals surface area contributed by atoms with Crippen LogP contribution >= 0.6 is 11.3 Å². The van der Waals surface area contributed by atoms with Crippen molar-refractivity contribution in [3.8, 4) is 22.5 Å². The fourth-order valence-corrected chi connectivity index (χ4v) is 9.11. The molecule has 7 aromatic rings. The maximum absolute atomic E-state index is 6.85. The second-order valence-electron chi connectivity index (χ2n) is 12.3. The van der Waals surface area contributed by atoms with Crippen LogP contribution in [-0.4, -0.2) is 0 Å². The SMILES string of the molecule is Cc1ccc2[n+](c1)C1CC3=C(Cc4ccccc4-c4cccc[n+]43)C1c1ccc3c(oc4cc5cc(C)sc5cc43)c1-2. The van der Waals surface area contributed by atoms with E-state index in [-0.39, 0.29) is 5.92 Å². The molecule has 3 aliphatic rings. The number of benzene rings is 3. The molecule has 3 nitrogen and oxygen atoms in total. The third kappa shape index (κ3) is 2.95. The first-order valence-corrected chi connectivity index (χ1v) is 15.7. The number of furan rings is 1. The standard InChI is InChI=1S/C38H28N2OS/c1-21-10-13-31-37-27(12-11-26-28-18-35-24(15-22(2)42-35)17-34(28)41-38(26)37)36-29-16-23-7-3-4-8-25(23)30-9-5-6-14-39(30)32(29)19-33(36)40(31)20-21/h3-15,17-18,20,33,36H,16,19H2,1-2H3/q+2. The minimum absolute atomic E-state index is 0.282. The molecule has 42 heavy (non-hydrogen) atoms. The van der Waals surface area contributed by atoms with Crippen molar-refractivity contribution in [3.63, 3.8) is 0 Å². The lowest BCUT2D eigenvalue weighted by molar-refractivity contribution is -0.717. The van der Waals surface area contributed by atoms with Crippen molar-refractivity contribution in [1.29, 1.82) is 0 Å². The van der Waals surface area contributed by atoms with Crippen LogP contribution in [0.2, 0.25) is 0 Å². The second-order valence-corrected chi connectivity index (χ2v) is 13.5. The summed E-state index contributed by atoms with van der Waals surface area (Å²) >= 11 is 1.86. The number of fused-ring (bicyclic) bond motifs is 16. The van der Waals surface area contributed by atoms with E-state index in [0.29, 0.717) is 6.04 Å². The normalized spacial score (nSPS) is 18.4. The summed E-state index contributed by atoms with van der Waals surface area (Å²) < 4.78 is 13.2.